The molecule has 1 atom stereocenters. The summed E-state index contributed by atoms with van der Waals surface area (Å²) in [6.07, 6.45) is 0.0310. The van der Waals surface area contributed by atoms with Gasteiger partial charge in [0.05, 0.1) is 5.56 Å². The fourth-order valence-electron chi connectivity index (χ4n) is 2.50. The van der Waals surface area contributed by atoms with Crippen LogP contribution in [0.25, 0.3) is 0 Å². The second-order valence-electron chi connectivity index (χ2n) is 5.90. The maximum atomic E-state index is 13.2. The van der Waals surface area contributed by atoms with Crippen molar-refractivity contribution in [2.45, 2.75) is 71.4 Å². The van der Waals surface area contributed by atoms with Gasteiger partial charge in [-0.2, -0.15) is 13.2 Å². The summed E-state index contributed by atoms with van der Waals surface area (Å²) in [4.78, 5) is 0. The van der Waals surface area contributed by atoms with Crippen LogP contribution in [-0.4, -0.2) is 0 Å². The van der Waals surface area contributed by atoms with E-state index < -0.39 is 11.7 Å². The largest absolute Gasteiger partial charge is 0.416 e. The van der Waals surface area contributed by atoms with Crippen molar-refractivity contribution in [3.63, 3.8) is 0 Å². The monoisotopic (exact) mass is 286 g/mol. The van der Waals surface area contributed by atoms with E-state index in [-0.39, 0.29) is 11.8 Å². The lowest BCUT2D eigenvalue weighted by Crippen LogP contribution is -2.11. The molecule has 0 fully saturated rings. The molecule has 0 amide bonds. The van der Waals surface area contributed by atoms with Crippen LogP contribution in [0.15, 0.2) is 18.2 Å². The Morgan fingerprint density at radius 1 is 1.05 bits per heavy atom. The van der Waals surface area contributed by atoms with Crippen LogP contribution in [-0.2, 0) is 6.18 Å². The van der Waals surface area contributed by atoms with E-state index in [1.54, 1.807) is 19.9 Å². The van der Waals surface area contributed by atoms with Gasteiger partial charge in [-0.3, -0.25) is 0 Å². The Labute approximate surface area is 120 Å². The molecule has 114 valence electrons. The quantitative estimate of drug-likeness (QED) is 0.523. The molecule has 0 aliphatic rings. The molecule has 0 radical (unpaired) electrons. The number of hydrogen-bond donors (Lipinski definition) is 0. The van der Waals surface area contributed by atoms with Crippen molar-refractivity contribution in [3.8, 4) is 0 Å². The van der Waals surface area contributed by atoms with E-state index in [0.29, 0.717) is 5.56 Å². The van der Waals surface area contributed by atoms with Crippen molar-refractivity contribution < 1.29 is 13.2 Å². The van der Waals surface area contributed by atoms with Gasteiger partial charge in [-0.1, -0.05) is 59.1 Å². The van der Waals surface area contributed by atoms with Gasteiger partial charge >= 0.3 is 6.18 Å². The SMILES string of the molecule is CCCCCC(C)c1ccc(C(C)C)c(C(F)(F)F)c1. The lowest BCUT2D eigenvalue weighted by Gasteiger charge is -2.19. The predicted molar refractivity (Wildman–Crippen MR) is 78.1 cm³/mol. The fourth-order valence-corrected chi connectivity index (χ4v) is 2.50. The van der Waals surface area contributed by atoms with Crippen molar-refractivity contribution in [2.75, 3.05) is 0 Å². The number of alkyl halides is 3. The van der Waals surface area contributed by atoms with Crippen LogP contribution in [0.2, 0.25) is 0 Å². The second kappa shape index (κ2) is 7.14. The third kappa shape index (κ3) is 4.53. The van der Waals surface area contributed by atoms with Crippen molar-refractivity contribution in [2.24, 2.45) is 0 Å². The summed E-state index contributed by atoms with van der Waals surface area (Å²) in [5, 5.41) is 0. The van der Waals surface area contributed by atoms with Crippen molar-refractivity contribution >= 4 is 0 Å². The number of hydrogen-bond acceptors (Lipinski definition) is 0. The van der Waals surface area contributed by atoms with E-state index in [2.05, 4.69) is 6.92 Å². The standard InChI is InChI=1S/C17H25F3/c1-5-6-7-8-13(4)14-9-10-15(12(2)3)16(11-14)17(18,19)20/h9-13H,5-8H2,1-4H3. The van der Waals surface area contributed by atoms with E-state index >= 15 is 0 Å². The highest BCUT2D eigenvalue weighted by Crippen LogP contribution is 2.37. The van der Waals surface area contributed by atoms with Crippen molar-refractivity contribution in [3.05, 3.63) is 34.9 Å². The minimum absolute atomic E-state index is 0.115. The molecule has 0 aromatic heterocycles. The molecule has 1 unspecified atom stereocenters. The summed E-state index contributed by atoms with van der Waals surface area (Å²) >= 11 is 0. The number of benzene rings is 1. The van der Waals surface area contributed by atoms with E-state index in [9.17, 15) is 13.2 Å². The first-order valence-corrected chi connectivity index (χ1v) is 7.48. The Kier molecular flexibility index (Phi) is 6.09. The average molecular weight is 286 g/mol. The van der Waals surface area contributed by atoms with Gasteiger partial charge in [0.1, 0.15) is 0 Å². The number of rotatable bonds is 6. The normalized spacial score (nSPS) is 13.8. The highest BCUT2D eigenvalue weighted by Gasteiger charge is 2.34. The van der Waals surface area contributed by atoms with Gasteiger partial charge in [0.25, 0.3) is 0 Å². The highest BCUT2D eigenvalue weighted by atomic mass is 19.4. The molecule has 0 aliphatic carbocycles. The van der Waals surface area contributed by atoms with E-state index in [1.807, 2.05) is 13.0 Å². The van der Waals surface area contributed by atoms with E-state index in [1.165, 1.54) is 6.07 Å². The molecule has 0 bridgehead atoms. The highest BCUT2D eigenvalue weighted by molar-refractivity contribution is 5.37. The molecular weight excluding hydrogens is 261 g/mol. The summed E-state index contributed by atoms with van der Waals surface area (Å²) in [7, 11) is 0. The van der Waals surface area contributed by atoms with Crippen LogP contribution in [0.3, 0.4) is 0 Å². The van der Waals surface area contributed by atoms with Crippen molar-refractivity contribution in [1.82, 2.24) is 0 Å². The first-order chi connectivity index (χ1) is 9.27. The van der Waals surface area contributed by atoms with E-state index in [4.69, 9.17) is 0 Å². The average Bonchev–Trinajstić information content (AvgIpc) is 2.37. The first kappa shape index (κ1) is 17.1. The summed E-state index contributed by atoms with van der Waals surface area (Å²) in [5.41, 5.74) is 0.729. The number of unbranched alkanes of at least 4 members (excludes halogenated alkanes) is 2. The number of halogens is 3. The minimum atomic E-state index is -4.27. The Hall–Kier alpha value is -0.990. The summed E-state index contributed by atoms with van der Waals surface area (Å²) in [6.45, 7) is 7.74. The Balaban J connectivity index is 3.00. The lowest BCUT2D eigenvalue weighted by molar-refractivity contribution is -0.138. The molecule has 20 heavy (non-hydrogen) atoms. The van der Waals surface area contributed by atoms with Gasteiger partial charge in [0.15, 0.2) is 0 Å². The molecule has 1 aromatic rings. The summed E-state index contributed by atoms with van der Waals surface area (Å²) in [6, 6.07) is 4.87. The zero-order valence-electron chi connectivity index (χ0n) is 12.8. The molecule has 0 saturated heterocycles. The summed E-state index contributed by atoms with van der Waals surface area (Å²) in [5.74, 6) is 0.0694. The Bertz CT molecular complexity index is 419. The van der Waals surface area contributed by atoms with Gasteiger partial charge in [0.2, 0.25) is 0 Å². The molecule has 0 heterocycles. The lowest BCUT2D eigenvalue weighted by atomic mass is 9.89. The molecule has 0 saturated carbocycles. The third-order valence-corrected chi connectivity index (χ3v) is 3.81. The Morgan fingerprint density at radius 2 is 1.70 bits per heavy atom. The second-order valence-corrected chi connectivity index (χ2v) is 5.90. The van der Waals surface area contributed by atoms with Gasteiger partial charge < -0.3 is 0 Å². The van der Waals surface area contributed by atoms with Crippen LogP contribution in [0.1, 0.15) is 81.9 Å². The smallest absolute Gasteiger partial charge is 0.166 e. The van der Waals surface area contributed by atoms with Gasteiger partial charge in [-0.25, -0.2) is 0 Å². The molecule has 0 aliphatic heterocycles. The Morgan fingerprint density at radius 3 is 2.20 bits per heavy atom. The fraction of sp³-hybridized carbons (Fsp3) is 0.647. The molecule has 3 heteroatoms. The van der Waals surface area contributed by atoms with Crippen LogP contribution < -0.4 is 0 Å². The zero-order chi connectivity index (χ0) is 15.3. The molecule has 1 aromatic carbocycles. The minimum Gasteiger partial charge on any atom is -0.166 e. The maximum Gasteiger partial charge on any atom is 0.416 e. The van der Waals surface area contributed by atoms with Crippen molar-refractivity contribution in [1.29, 1.82) is 0 Å². The predicted octanol–water partition coefficient (Wildman–Crippen LogP) is 6.51. The maximum absolute atomic E-state index is 13.2. The third-order valence-electron chi connectivity index (χ3n) is 3.81. The molecule has 0 N–H and O–H groups in total. The van der Waals surface area contributed by atoms with Crippen LogP contribution in [0.5, 0.6) is 0 Å². The van der Waals surface area contributed by atoms with Crippen LogP contribution in [0.4, 0.5) is 13.2 Å². The van der Waals surface area contributed by atoms with Crippen LogP contribution >= 0.6 is 0 Å². The van der Waals surface area contributed by atoms with Gasteiger partial charge in [-0.05, 0) is 35.4 Å². The molecule has 0 spiro atoms. The van der Waals surface area contributed by atoms with Gasteiger partial charge in [0, 0.05) is 0 Å². The van der Waals surface area contributed by atoms with Crippen LogP contribution in [0, 0.1) is 0 Å². The molecular formula is C17H25F3. The molecule has 0 nitrogen and oxygen atoms in total. The van der Waals surface area contributed by atoms with Gasteiger partial charge in [-0.15, -0.1) is 0 Å². The zero-order valence-corrected chi connectivity index (χ0v) is 12.8. The topological polar surface area (TPSA) is 0 Å². The molecule has 1 rings (SSSR count). The first-order valence-electron chi connectivity index (χ1n) is 7.48. The van der Waals surface area contributed by atoms with E-state index in [0.717, 1.165) is 31.2 Å². The summed E-state index contributed by atoms with van der Waals surface area (Å²) < 4.78 is 39.5.